The minimum absolute atomic E-state index is 0.101. The third-order valence-electron chi connectivity index (χ3n) is 4.80. The second-order valence-electron chi connectivity index (χ2n) is 6.86. The molecule has 0 saturated carbocycles. The molecule has 28 heavy (non-hydrogen) atoms. The van der Waals surface area contributed by atoms with Crippen LogP contribution < -0.4 is 5.56 Å². The summed E-state index contributed by atoms with van der Waals surface area (Å²) in [5.41, 5.74) is 0.448. The molecule has 1 aliphatic heterocycles. The SMILES string of the molecule is CCOCCCn1c(SC(C)C(=O)N2CCCC2)nc2cc(Cl)ccc2c1=O. The van der Waals surface area contributed by atoms with Crippen LogP contribution in [0.3, 0.4) is 0 Å². The van der Waals surface area contributed by atoms with Gasteiger partial charge in [-0.2, -0.15) is 0 Å². The number of ether oxygens (including phenoxy) is 1. The maximum absolute atomic E-state index is 13.1. The molecule has 2 heterocycles. The van der Waals surface area contributed by atoms with Gasteiger partial charge >= 0.3 is 0 Å². The third kappa shape index (κ3) is 4.88. The molecule has 1 aromatic carbocycles. The molecule has 1 fully saturated rings. The van der Waals surface area contributed by atoms with Gasteiger partial charge in [-0.1, -0.05) is 23.4 Å². The van der Waals surface area contributed by atoms with E-state index in [-0.39, 0.29) is 16.7 Å². The monoisotopic (exact) mass is 423 g/mol. The minimum Gasteiger partial charge on any atom is -0.382 e. The van der Waals surface area contributed by atoms with Gasteiger partial charge in [0.15, 0.2) is 5.16 Å². The molecular weight excluding hydrogens is 398 g/mol. The lowest BCUT2D eigenvalue weighted by molar-refractivity contribution is -0.129. The summed E-state index contributed by atoms with van der Waals surface area (Å²) in [5.74, 6) is 0.101. The third-order valence-corrected chi connectivity index (χ3v) is 6.12. The van der Waals surface area contributed by atoms with Gasteiger partial charge in [0.1, 0.15) is 0 Å². The topological polar surface area (TPSA) is 64.4 Å². The van der Waals surface area contributed by atoms with Gasteiger partial charge in [-0.05, 0) is 51.3 Å². The zero-order valence-electron chi connectivity index (χ0n) is 16.3. The fourth-order valence-electron chi connectivity index (χ4n) is 3.33. The first-order valence-electron chi connectivity index (χ1n) is 9.74. The van der Waals surface area contributed by atoms with Crippen molar-refractivity contribution in [3.05, 3.63) is 33.6 Å². The molecule has 6 nitrogen and oxygen atoms in total. The van der Waals surface area contributed by atoms with Crippen LogP contribution in [0.25, 0.3) is 10.9 Å². The first kappa shape index (κ1) is 21.1. The number of thioether (sulfide) groups is 1. The number of hydrogen-bond donors (Lipinski definition) is 0. The zero-order chi connectivity index (χ0) is 20.1. The lowest BCUT2D eigenvalue weighted by atomic mass is 10.2. The van der Waals surface area contributed by atoms with Crippen molar-refractivity contribution >= 4 is 40.2 Å². The number of fused-ring (bicyclic) bond motifs is 1. The molecule has 2 aromatic rings. The van der Waals surface area contributed by atoms with Gasteiger partial charge in [-0.15, -0.1) is 0 Å². The summed E-state index contributed by atoms with van der Waals surface area (Å²) in [6.07, 6.45) is 2.81. The molecule has 1 atom stereocenters. The Hall–Kier alpha value is -1.57. The van der Waals surface area contributed by atoms with Crippen LogP contribution in [0.5, 0.6) is 0 Å². The first-order chi connectivity index (χ1) is 13.5. The minimum atomic E-state index is -0.306. The summed E-state index contributed by atoms with van der Waals surface area (Å²) in [6.45, 7) is 7.17. The van der Waals surface area contributed by atoms with E-state index < -0.39 is 0 Å². The number of benzene rings is 1. The molecule has 0 bridgehead atoms. The Bertz CT molecular complexity index is 896. The summed E-state index contributed by atoms with van der Waals surface area (Å²) in [6, 6.07) is 5.10. The lowest BCUT2D eigenvalue weighted by Gasteiger charge is -2.21. The van der Waals surface area contributed by atoms with Crippen LogP contribution >= 0.6 is 23.4 Å². The van der Waals surface area contributed by atoms with Crippen molar-refractivity contribution in [3.63, 3.8) is 0 Å². The highest BCUT2D eigenvalue weighted by Gasteiger charge is 2.25. The predicted octanol–water partition coefficient (Wildman–Crippen LogP) is 3.58. The fraction of sp³-hybridized carbons (Fsp3) is 0.550. The van der Waals surface area contributed by atoms with Crippen LogP contribution in [-0.4, -0.2) is 51.9 Å². The highest BCUT2D eigenvalue weighted by Crippen LogP contribution is 2.26. The van der Waals surface area contributed by atoms with Gasteiger partial charge in [-0.3, -0.25) is 14.2 Å². The Labute approximate surface area is 174 Å². The summed E-state index contributed by atoms with van der Waals surface area (Å²) < 4.78 is 7.06. The molecule has 8 heteroatoms. The maximum Gasteiger partial charge on any atom is 0.262 e. The quantitative estimate of drug-likeness (QED) is 0.369. The van der Waals surface area contributed by atoms with Crippen molar-refractivity contribution in [2.45, 2.75) is 50.1 Å². The Morgan fingerprint density at radius 3 is 2.82 bits per heavy atom. The highest BCUT2D eigenvalue weighted by molar-refractivity contribution is 8.00. The average Bonchev–Trinajstić information content (AvgIpc) is 3.21. The Morgan fingerprint density at radius 2 is 2.11 bits per heavy atom. The van der Waals surface area contributed by atoms with Gasteiger partial charge in [0.2, 0.25) is 5.91 Å². The summed E-state index contributed by atoms with van der Waals surface area (Å²) >= 11 is 7.43. The van der Waals surface area contributed by atoms with Gasteiger partial charge in [0.05, 0.1) is 16.2 Å². The summed E-state index contributed by atoms with van der Waals surface area (Å²) in [7, 11) is 0. The van der Waals surface area contributed by atoms with Gasteiger partial charge in [-0.25, -0.2) is 4.98 Å². The molecule has 0 spiro atoms. The van der Waals surface area contributed by atoms with E-state index in [1.807, 2.05) is 18.7 Å². The molecular formula is C20H26ClN3O3S. The van der Waals surface area contributed by atoms with Crippen molar-refractivity contribution in [1.29, 1.82) is 0 Å². The van der Waals surface area contributed by atoms with E-state index in [2.05, 4.69) is 4.98 Å². The van der Waals surface area contributed by atoms with Crippen LogP contribution in [0.1, 0.15) is 33.1 Å². The standard InChI is InChI=1S/C20H26ClN3O3S/c1-3-27-12-6-11-24-19(26)16-8-7-15(21)13-17(16)22-20(24)28-14(2)18(25)23-9-4-5-10-23/h7-8,13-14H,3-6,9-12H2,1-2H3. The summed E-state index contributed by atoms with van der Waals surface area (Å²) in [4.78, 5) is 32.3. The second kappa shape index (κ2) is 9.76. The van der Waals surface area contributed by atoms with Crippen molar-refractivity contribution in [2.75, 3.05) is 26.3 Å². The van der Waals surface area contributed by atoms with E-state index in [4.69, 9.17) is 16.3 Å². The smallest absolute Gasteiger partial charge is 0.262 e. The van der Waals surface area contributed by atoms with Gasteiger partial charge in [0.25, 0.3) is 5.56 Å². The first-order valence-corrected chi connectivity index (χ1v) is 11.0. The average molecular weight is 424 g/mol. The normalized spacial score (nSPS) is 15.3. The van der Waals surface area contributed by atoms with E-state index in [1.165, 1.54) is 11.8 Å². The molecule has 0 radical (unpaired) electrons. The van der Waals surface area contributed by atoms with Crippen LogP contribution in [0.2, 0.25) is 5.02 Å². The number of amides is 1. The molecule has 1 saturated heterocycles. The molecule has 3 rings (SSSR count). The molecule has 1 amide bonds. The largest absolute Gasteiger partial charge is 0.382 e. The Morgan fingerprint density at radius 1 is 1.36 bits per heavy atom. The van der Waals surface area contributed by atoms with E-state index in [1.54, 1.807) is 22.8 Å². The number of carbonyl (C=O) groups excluding carboxylic acids is 1. The Balaban J connectivity index is 1.90. The van der Waals surface area contributed by atoms with Crippen LogP contribution in [-0.2, 0) is 16.1 Å². The molecule has 1 aromatic heterocycles. The van der Waals surface area contributed by atoms with E-state index in [9.17, 15) is 9.59 Å². The highest BCUT2D eigenvalue weighted by atomic mass is 35.5. The van der Waals surface area contributed by atoms with Crippen molar-refractivity contribution in [3.8, 4) is 0 Å². The number of halogens is 1. The van der Waals surface area contributed by atoms with Crippen molar-refractivity contribution in [2.24, 2.45) is 0 Å². The molecule has 1 unspecified atom stereocenters. The van der Waals surface area contributed by atoms with E-state index in [0.29, 0.717) is 47.3 Å². The number of likely N-dealkylation sites (tertiary alicyclic amines) is 1. The number of nitrogens with zero attached hydrogens (tertiary/aromatic N) is 3. The molecule has 0 aliphatic carbocycles. The maximum atomic E-state index is 13.1. The van der Waals surface area contributed by atoms with Crippen molar-refractivity contribution in [1.82, 2.24) is 14.5 Å². The zero-order valence-corrected chi connectivity index (χ0v) is 17.9. The second-order valence-corrected chi connectivity index (χ2v) is 8.60. The fourth-order valence-corrected chi connectivity index (χ4v) is 4.52. The number of rotatable bonds is 8. The van der Waals surface area contributed by atoms with E-state index in [0.717, 1.165) is 25.9 Å². The van der Waals surface area contributed by atoms with Crippen molar-refractivity contribution < 1.29 is 9.53 Å². The summed E-state index contributed by atoms with van der Waals surface area (Å²) in [5, 5.41) is 1.31. The molecule has 0 N–H and O–H groups in total. The van der Waals surface area contributed by atoms with Gasteiger partial charge < -0.3 is 9.64 Å². The predicted molar refractivity (Wildman–Crippen MR) is 113 cm³/mol. The van der Waals surface area contributed by atoms with Crippen LogP contribution in [0.4, 0.5) is 0 Å². The van der Waals surface area contributed by atoms with Crippen LogP contribution in [0, 0.1) is 0 Å². The van der Waals surface area contributed by atoms with Crippen LogP contribution in [0.15, 0.2) is 28.2 Å². The molecule has 152 valence electrons. The number of hydrogen-bond acceptors (Lipinski definition) is 5. The Kier molecular flexibility index (Phi) is 7.37. The van der Waals surface area contributed by atoms with Gasteiger partial charge in [0, 0.05) is 37.9 Å². The van der Waals surface area contributed by atoms with E-state index >= 15 is 0 Å². The lowest BCUT2D eigenvalue weighted by Crippen LogP contribution is -2.34. The molecule has 1 aliphatic rings. The number of aromatic nitrogens is 2. The number of carbonyl (C=O) groups is 1.